The van der Waals surface area contributed by atoms with E-state index in [0.717, 1.165) is 19.4 Å². The Bertz CT molecular complexity index is 153. The standard InChI is InChI=1S/C9H17NO2/c1-2-7(6-9(11)12)8-4-3-5-10-8/h7-8,10H,2-6H2,1H3,(H,11,12)/t7-,8+/m1/s1. The molecule has 0 spiro atoms. The van der Waals surface area contributed by atoms with Crippen LogP contribution in [0.25, 0.3) is 0 Å². The van der Waals surface area contributed by atoms with Crippen LogP contribution in [0.1, 0.15) is 32.6 Å². The van der Waals surface area contributed by atoms with Gasteiger partial charge in [0, 0.05) is 12.5 Å². The zero-order valence-electron chi connectivity index (χ0n) is 7.55. The Morgan fingerprint density at radius 2 is 2.50 bits per heavy atom. The van der Waals surface area contributed by atoms with Crippen molar-refractivity contribution < 1.29 is 9.90 Å². The van der Waals surface area contributed by atoms with Crippen LogP contribution in [0.5, 0.6) is 0 Å². The molecule has 0 aliphatic carbocycles. The molecule has 1 saturated heterocycles. The average molecular weight is 171 g/mol. The average Bonchev–Trinajstić information content (AvgIpc) is 2.51. The Hall–Kier alpha value is -0.570. The van der Waals surface area contributed by atoms with Crippen molar-refractivity contribution in [1.29, 1.82) is 0 Å². The second-order valence-corrected chi connectivity index (χ2v) is 3.47. The zero-order chi connectivity index (χ0) is 8.97. The number of hydrogen-bond donors (Lipinski definition) is 2. The van der Waals surface area contributed by atoms with Crippen LogP contribution in [-0.4, -0.2) is 23.7 Å². The van der Waals surface area contributed by atoms with Gasteiger partial charge in [-0.1, -0.05) is 13.3 Å². The third-order valence-electron chi connectivity index (χ3n) is 2.63. The second-order valence-electron chi connectivity index (χ2n) is 3.47. The Labute approximate surface area is 73.2 Å². The SMILES string of the molecule is CC[C@H](CC(=O)O)[C@@H]1CCCN1. The number of carboxylic acids is 1. The third kappa shape index (κ3) is 2.48. The Morgan fingerprint density at radius 3 is 2.92 bits per heavy atom. The molecule has 1 heterocycles. The summed E-state index contributed by atoms with van der Waals surface area (Å²) in [5.74, 6) is -0.347. The molecule has 0 aromatic heterocycles. The molecular formula is C9H17NO2. The third-order valence-corrected chi connectivity index (χ3v) is 2.63. The van der Waals surface area contributed by atoms with Crippen LogP contribution >= 0.6 is 0 Å². The highest BCUT2D eigenvalue weighted by atomic mass is 16.4. The molecule has 2 atom stereocenters. The molecule has 1 aliphatic heterocycles. The number of rotatable bonds is 4. The number of carboxylic acid groups (broad SMARTS) is 1. The molecule has 2 N–H and O–H groups in total. The predicted molar refractivity (Wildman–Crippen MR) is 47.1 cm³/mol. The van der Waals surface area contributed by atoms with Crippen LogP contribution in [0.15, 0.2) is 0 Å². The van der Waals surface area contributed by atoms with Gasteiger partial charge < -0.3 is 10.4 Å². The Kier molecular flexibility index (Phi) is 3.53. The topological polar surface area (TPSA) is 49.3 Å². The summed E-state index contributed by atoms with van der Waals surface area (Å²) in [7, 11) is 0. The van der Waals surface area contributed by atoms with E-state index >= 15 is 0 Å². The molecule has 0 aromatic carbocycles. The van der Waals surface area contributed by atoms with Crippen molar-refractivity contribution in [2.45, 2.75) is 38.6 Å². The Balaban J connectivity index is 2.37. The van der Waals surface area contributed by atoms with Gasteiger partial charge in [0.2, 0.25) is 0 Å². The first-order valence-electron chi connectivity index (χ1n) is 4.69. The summed E-state index contributed by atoms with van der Waals surface area (Å²) in [5.41, 5.74) is 0. The first-order valence-corrected chi connectivity index (χ1v) is 4.69. The predicted octanol–water partition coefficient (Wildman–Crippen LogP) is 1.24. The van der Waals surface area contributed by atoms with Crippen molar-refractivity contribution in [3.63, 3.8) is 0 Å². The van der Waals surface area contributed by atoms with E-state index in [1.807, 2.05) is 0 Å². The maximum absolute atomic E-state index is 10.5. The minimum Gasteiger partial charge on any atom is -0.481 e. The number of aliphatic carboxylic acids is 1. The van der Waals surface area contributed by atoms with Crippen molar-refractivity contribution in [3.8, 4) is 0 Å². The molecule has 3 nitrogen and oxygen atoms in total. The maximum atomic E-state index is 10.5. The Morgan fingerprint density at radius 1 is 1.75 bits per heavy atom. The van der Waals surface area contributed by atoms with Gasteiger partial charge in [-0.05, 0) is 25.3 Å². The van der Waals surface area contributed by atoms with E-state index in [-0.39, 0.29) is 0 Å². The van der Waals surface area contributed by atoms with Gasteiger partial charge in [-0.25, -0.2) is 0 Å². The van der Waals surface area contributed by atoms with Crippen LogP contribution in [-0.2, 0) is 4.79 Å². The molecule has 1 aliphatic rings. The number of nitrogens with one attached hydrogen (secondary N) is 1. The first-order chi connectivity index (χ1) is 5.74. The van der Waals surface area contributed by atoms with E-state index in [9.17, 15) is 4.79 Å². The lowest BCUT2D eigenvalue weighted by molar-refractivity contribution is -0.138. The molecule has 0 amide bonds. The van der Waals surface area contributed by atoms with Crippen LogP contribution in [0.3, 0.4) is 0 Å². The molecule has 0 bridgehead atoms. The summed E-state index contributed by atoms with van der Waals surface area (Å²) in [6, 6.07) is 0.450. The summed E-state index contributed by atoms with van der Waals surface area (Å²) >= 11 is 0. The molecule has 12 heavy (non-hydrogen) atoms. The summed E-state index contributed by atoms with van der Waals surface area (Å²) in [4.78, 5) is 10.5. The number of hydrogen-bond acceptors (Lipinski definition) is 2. The van der Waals surface area contributed by atoms with Gasteiger partial charge in [0.25, 0.3) is 0 Å². The maximum Gasteiger partial charge on any atom is 0.303 e. The molecule has 3 heteroatoms. The summed E-state index contributed by atoms with van der Waals surface area (Å²) in [6.07, 6.45) is 3.62. The van der Waals surface area contributed by atoms with Gasteiger partial charge in [-0.3, -0.25) is 4.79 Å². The minimum absolute atomic E-state index is 0.314. The fraction of sp³-hybridized carbons (Fsp3) is 0.889. The highest BCUT2D eigenvalue weighted by Crippen LogP contribution is 2.20. The van der Waals surface area contributed by atoms with Crippen LogP contribution in [0.4, 0.5) is 0 Å². The van der Waals surface area contributed by atoms with Crippen molar-refractivity contribution >= 4 is 5.97 Å². The first kappa shape index (κ1) is 9.52. The molecule has 0 radical (unpaired) electrons. The molecule has 1 rings (SSSR count). The van der Waals surface area contributed by atoms with Gasteiger partial charge >= 0.3 is 5.97 Å². The lowest BCUT2D eigenvalue weighted by atomic mass is 9.92. The van der Waals surface area contributed by atoms with Crippen molar-refractivity contribution in [3.05, 3.63) is 0 Å². The van der Waals surface area contributed by atoms with Crippen molar-refractivity contribution in [1.82, 2.24) is 5.32 Å². The van der Waals surface area contributed by atoms with Crippen molar-refractivity contribution in [2.24, 2.45) is 5.92 Å². The van der Waals surface area contributed by atoms with Gasteiger partial charge in [0.1, 0.15) is 0 Å². The van der Waals surface area contributed by atoms with E-state index in [2.05, 4.69) is 12.2 Å². The molecule has 0 aromatic rings. The second kappa shape index (κ2) is 4.45. The van der Waals surface area contributed by atoms with Gasteiger partial charge in [-0.2, -0.15) is 0 Å². The smallest absolute Gasteiger partial charge is 0.303 e. The molecule has 70 valence electrons. The normalized spacial score (nSPS) is 25.6. The van der Waals surface area contributed by atoms with Crippen LogP contribution in [0, 0.1) is 5.92 Å². The summed E-state index contributed by atoms with van der Waals surface area (Å²) in [6.45, 7) is 3.12. The van der Waals surface area contributed by atoms with Gasteiger partial charge in [-0.15, -0.1) is 0 Å². The van der Waals surface area contributed by atoms with Crippen LogP contribution < -0.4 is 5.32 Å². The highest BCUT2D eigenvalue weighted by molar-refractivity contribution is 5.67. The minimum atomic E-state index is -0.671. The monoisotopic (exact) mass is 171 g/mol. The van der Waals surface area contributed by atoms with E-state index in [0.29, 0.717) is 18.4 Å². The van der Waals surface area contributed by atoms with E-state index in [1.165, 1.54) is 6.42 Å². The summed E-state index contributed by atoms with van der Waals surface area (Å²) < 4.78 is 0. The quantitative estimate of drug-likeness (QED) is 0.669. The lowest BCUT2D eigenvalue weighted by Gasteiger charge is -2.20. The van der Waals surface area contributed by atoms with Crippen LogP contribution in [0.2, 0.25) is 0 Å². The molecular weight excluding hydrogens is 154 g/mol. The van der Waals surface area contributed by atoms with Crippen molar-refractivity contribution in [2.75, 3.05) is 6.54 Å². The van der Waals surface area contributed by atoms with E-state index < -0.39 is 5.97 Å². The number of carbonyl (C=O) groups is 1. The molecule has 1 fully saturated rings. The fourth-order valence-corrected chi connectivity index (χ4v) is 1.91. The molecule has 0 unspecified atom stereocenters. The van der Waals surface area contributed by atoms with E-state index in [1.54, 1.807) is 0 Å². The largest absolute Gasteiger partial charge is 0.481 e. The molecule has 0 saturated carbocycles. The zero-order valence-corrected chi connectivity index (χ0v) is 7.55. The van der Waals surface area contributed by atoms with Gasteiger partial charge in [0.05, 0.1) is 0 Å². The fourth-order valence-electron chi connectivity index (χ4n) is 1.91. The van der Waals surface area contributed by atoms with Gasteiger partial charge in [0.15, 0.2) is 0 Å². The van der Waals surface area contributed by atoms with E-state index in [4.69, 9.17) is 5.11 Å². The lowest BCUT2D eigenvalue weighted by Crippen LogP contribution is -2.31. The highest BCUT2D eigenvalue weighted by Gasteiger charge is 2.24. The summed E-state index contributed by atoms with van der Waals surface area (Å²) in [5, 5.41) is 12.0.